The lowest BCUT2D eigenvalue weighted by Gasteiger charge is -2.50. The van der Waals surface area contributed by atoms with Gasteiger partial charge >= 0.3 is 6.18 Å². The maximum absolute atomic E-state index is 14.0. The maximum Gasteiger partial charge on any atom is 0.413 e. The van der Waals surface area contributed by atoms with Gasteiger partial charge < -0.3 is 24.8 Å². The second kappa shape index (κ2) is 7.97. The number of likely N-dealkylation sites (tertiary alicyclic amines) is 1. The number of nitrogens with zero attached hydrogens (tertiary/aromatic N) is 5. The molecule has 0 aromatic carbocycles. The van der Waals surface area contributed by atoms with Gasteiger partial charge in [-0.05, 0) is 6.92 Å². The summed E-state index contributed by atoms with van der Waals surface area (Å²) in [4.78, 5) is 10.4. The van der Waals surface area contributed by atoms with Crippen LogP contribution in [-0.4, -0.2) is 109 Å². The summed E-state index contributed by atoms with van der Waals surface area (Å²) in [5.41, 5.74) is 0.293. The Balaban J connectivity index is 1.80. The molecule has 2 saturated heterocycles. The van der Waals surface area contributed by atoms with Crippen LogP contribution in [0.1, 0.15) is 6.92 Å². The number of halogens is 4. The summed E-state index contributed by atoms with van der Waals surface area (Å²) in [5, 5.41) is 11.1. The number of nitrogens with one attached hydrogen (secondary N) is 2. The average molecular weight is 445 g/mol. The third kappa shape index (κ3) is 3.98. The Hall–Kier alpha value is -2.34. The van der Waals surface area contributed by atoms with E-state index >= 15 is 0 Å². The molecule has 0 radical (unpaired) electrons. The molecule has 3 atom stereocenters. The van der Waals surface area contributed by atoms with E-state index in [4.69, 9.17) is 10.1 Å². The fourth-order valence-electron chi connectivity index (χ4n) is 4.36. The minimum absolute atomic E-state index is 0.0406. The van der Waals surface area contributed by atoms with Gasteiger partial charge in [0.2, 0.25) is 5.96 Å². The lowest BCUT2D eigenvalue weighted by molar-refractivity contribution is -0.160. The third-order valence-corrected chi connectivity index (χ3v) is 6.16. The Morgan fingerprint density at radius 2 is 1.94 bits per heavy atom. The lowest BCUT2D eigenvalue weighted by Crippen LogP contribution is -2.65. The van der Waals surface area contributed by atoms with Crippen LogP contribution in [0.5, 0.6) is 0 Å². The standard InChI is InChI=1S/C19H27F4N7O/c1-11-10-31-5-4-30(11)18-26-15(29-8-12(20)9-29)6-14(27(18)2)13-7-25-17(24)28(3)16(13)19(21,22)23/h6-7,11-12,16,18,24,26H,4-5,8-10H2,1-3H3/t11-,16?,18?/m0/s1. The summed E-state index contributed by atoms with van der Waals surface area (Å²) in [6.07, 6.45) is -3.24. The first-order valence-corrected chi connectivity index (χ1v) is 10.2. The minimum atomic E-state index is -4.60. The van der Waals surface area contributed by atoms with Crippen molar-refractivity contribution in [2.45, 2.75) is 37.6 Å². The monoisotopic (exact) mass is 445 g/mol. The number of ether oxygens (including phenoxy) is 1. The van der Waals surface area contributed by atoms with Crippen molar-refractivity contribution in [3.05, 3.63) is 23.2 Å². The topological polar surface area (TPSA) is 70.4 Å². The van der Waals surface area contributed by atoms with Crippen LogP contribution in [0.25, 0.3) is 0 Å². The smallest absolute Gasteiger partial charge is 0.379 e. The normalized spacial score (nSPS) is 33.4. The number of likely N-dealkylation sites (N-methyl/N-ethyl adjacent to an activating group) is 2. The lowest BCUT2D eigenvalue weighted by atomic mass is 10.00. The second-order valence-electron chi connectivity index (χ2n) is 8.30. The van der Waals surface area contributed by atoms with Crippen molar-refractivity contribution >= 4 is 12.2 Å². The molecular weight excluding hydrogens is 418 g/mol. The number of alkyl halides is 4. The van der Waals surface area contributed by atoms with E-state index in [1.807, 2.05) is 6.92 Å². The van der Waals surface area contributed by atoms with E-state index in [0.717, 1.165) is 11.1 Å². The summed E-state index contributed by atoms with van der Waals surface area (Å²) in [7, 11) is 2.94. The van der Waals surface area contributed by atoms with Gasteiger partial charge in [-0.2, -0.15) is 13.2 Å². The number of rotatable bonds is 2. The van der Waals surface area contributed by atoms with Crippen LogP contribution >= 0.6 is 0 Å². The van der Waals surface area contributed by atoms with Gasteiger partial charge in [-0.15, -0.1) is 0 Å². The summed E-state index contributed by atoms with van der Waals surface area (Å²) in [6, 6.07) is -1.96. The zero-order valence-electron chi connectivity index (χ0n) is 17.7. The van der Waals surface area contributed by atoms with Crippen molar-refractivity contribution in [2.75, 3.05) is 46.9 Å². The van der Waals surface area contributed by atoms with Crippen molar-refractivity contribution in [3.63, 3.8) is 0 Å². The number of hydrogen-bond acceptors (Lipinski definition) is 6. The molecule has 0 bridgehead atoms. The number of allylic oxidation sites excluding steroid dienone is 1. The van der Waals surface area contributed by atoms with E-state index in [-0.39, 0.29) is 24.7 Å². The Bertz CT molecular complexity index is 821. The highest BCUT2D eigenvalue weighted by atomic mass is 19.4. The highest BCUT2D eigenvalue weighted by molar-refractivity contribution is 5.97. The van der Waals surface area contributed by atoms with E-state index in [9.17, 15) is 17.6 Å². The van der Waals surface area contributed by atoms with Crippen molar-refractivity contribution in [3.8, 4) is 0 Å². The maximum atomic E-state index is 14.0. The first kappa shape index (κ1) is 21.9. The van der Waals surface area contributed by atoms with Crippen molar-refractivity contribution in [1.82, 2.24) is 24.9 Å². The number of aliphatic imine (C=N–C) groups is 1. The molecule has 4 aliphatic rings. The molecule has 0 saturated carbocycles. The predicted octanol–water partition coefficient (Wildman–Crippen LogP) is 1.16. The number of morpholine rings is 1. The van der Waals surface area contributed by atoms with E-state index in [1.165, 1.54) is 7.05 Å². The molecule has 12 heteroatoms. The molecule has 2 N–H and O–H groups in total. The number of guanidine groups is 1. The van der Waals surface area contributed by atoms with Crippen LogP contribution in [0.15, 0.2) is 28.2 Å². The zero-order chi connectivity index (χ0) is 22.5. The van der Waals surface area contributed by atoms with Crippen molar-refractivity contribution in [1.29, 1.82) is 5.41 Å². The quantitative estimate of drug-likeness (QED) is 0.622. The summed E-state index contributed by atoms with van der Waals surface area (Å²) >= 11 is 0. The first-order chi connectivity index (χ1) is 14.6. The fourth-order valence-corrected chi connectivity index (χ4v) is 4.36. The molecule has 0 aliphatic carbocycles. The van der Waals surface area contributed by atoms with Gasteiger partial charge in [-0.25, -0.2) is 9.38 Å². The Kier molecular flexibility index (Phi) is 5.63. The summed E-state index contributed by atoms with van der Waals surface area (Å²) in [6.45, 7) is 4.02. The minimum Gasteiger partial charge on any atom is -0.379 e. The highest BCUT2D eigenvalue weighted by Gasteiger charge is 2.49. The molecule has 31 heavy (non-hydrogen) atoms. The average Bonchev–Trinajstić information content (AvgIpc) is 2.68. The molecule has 0 amide bonds. The second-order valence-corrected chi connectivity index (χ2v) is 8.30. The van der Waals surface area contributed by atoms with Crippen molar-refractivity contribution < 1.29 is 22.3 Å². The Morgan fingerprint density at radius 3 is 2.55 bits per heavy atom. The molecular formula is C19H27F4N7O. The van der Waals surface area contributed by atoms with E-state index < -0.39 is 30.6 Å². The highest BCUT2D eigenvalue weighted by Crippen LogP contribution is 2.36. The fraction of sp³-hybridized carbons (Fsp3) is 0.684. The molecule has 0 aromatic rings. The van der Waals surface area contributed by atoms with Crippen LogP contribution in [0.3, 0.4) is 0 Å². The molecule has 0 aromatic heterocycles. The molecule has 4 heterocycles. The van der Waals surface area contributed by atoms with Crippen molar-refractivity contribution in [2.24, 2.45) is 4.99 Å². The van der Waals surface area contributed by atoms with Crippen LogP contribution in [0.4, 0.5) is 17.6 Å². The molecule has 172 valence electrons. The van der Waals surface area contributed by atoms with Gasteiger partial charge in [0.05, 0.1) is 26.3 Å². The first-order valence-electron chi connectivity index (χ1n) is 10.2. The number of hydrogen-bond donors (Lipinski definition) is 2. The van der Waals surface area contributed by atoms with Gasteiger partial charge in [-0.1, -0.05) is 0 Å². The van der Waals surface area contributed by atoms with Gasteiger partial charge in [0.15, 0.2) is 12.3 Å². The molecule has 8 nitrogen and oxygen atoms in total. The van der Waals surface area contributed by atoms with Gasteiger partial charge in [0.1, 0.15) is 12.0 Å². The van der Waals surface area contributed by atoms with E-state index in [2.05, 4.69) is 15.2 Å². The molecule has 2 unspecified atom stereocenters. The van der Waals surface area contributed by atoms with Crippen LogP contribution in [-0.2, 0) is 4.74 Å². The van der Waals surface area contributed by atoms with Gasteiger partial charge in [-0.3, -0.25) is 10.3 Å². The molecule has 2 fully saturated rings. The van der Waals surface area contributed by atoms with Crippen LogP contribution < -0.4 is 5.32 Å². The zero-order valence-corrected chi connectivity index (χ0v) is 17.7. The molecule has 0 spiro atoms. The molecule has 4 rings (SSSR count). The SMILES string of the molecule is C[C@H]1COCCN1C1NC(N2CC(F)C2)=CC(=C2C=NC(=N)N(C)C2C(F)(F)F)N1C. The molecule has 4 aliphatic heterocycles. The van der Waals surface area contributed by atoms with E-state index in [1.54, 1.807) is 22.9 Å². The Labute approximate surface area is 178 Å². The van der Waals surface area contributed by atoms with E-state index in [0.29, 0.717) is 31.3 Å². The van der Waals surface area contributed by atoms with Crippen LogP contribution in [0.2, 0.25) is 0 Å². The van der Waals surface area contributed by atoms with Gasteiger partial charge in [0, 0.05) is 50.2 Å². The summed E-state index contributed by atoms with van der Waals surface area (Å²) in [5.74, 6) is 0.129. The van der Waals surface area contributed by atoms with Gasteiger partial charge in [0.25, 0.3) is 0 Å². The Morgan fingerprint density at radius 1 is 1.23 bits per heavy atom. The summed E-state index contributed by atoms with van der Waals surface area (Å²) < 4.78 is 61.1. The van der Waals surface area contributed by atoms with Crippen LogP contribution in [0, 0.1) is 5.41 Å². The third-order valence-electron chi connectivity index (χ3n) is 6.16. The largest absolute Gasteiger partial charge is 0.413 e. The predicted molar refractivity (Wildman–Crippen MR) is 107 cm³/mol.